The van der Waals surface area contributed by atoms with Gasteiger partial charge in [0.05, 0.1) is 6.61 Å². The molecule has 0 rings (SSSR count). The average molecular weight is 253 g/mol. The lowest BCUT2D eigenvalue weighted by molar-refractivity contribution is -0.165. The minimum absolute atomic E-state index is 0.0957. The van der Waals surface area contributed by atoms with Gasteiger partial charge >= 0.3 is 12.3 Å². The number of alkyl carbamates (subject to hydrolysis) is 1. The van der Waals surface area contributed by atoms with E-state index in [0.29, 0.717) is 12.5 Å². The zero-order valence-electron chi connectivity index (χ0n) is 9.56. The number of hydrogen-bond donors (Lipinski definition) is 1. The first kappa shape index (κ1) is 15.5. The van der Waals surface area contributed by atoms with E-state index in [2.05, 4.69) is 10.1 Å². The Kier molecular flexibility index (Phi) is 6.30. The van der Waals surface area contributed by atoms with Crippen LogP contribution in [0.2, 0.25) is 0 Å². The predicted molar refractivity (Wildman–Crippen MR) is 54.2 cm³/mol. The van der Waals surface area contributed by atoms with Crippen LogP contribution in [-0.4, -0.2) is 24.7 Å². The van der Waals surface area contributed by atoms with Crippen molar-refractivity contribution in [3.8, 4) is 0 Å². The van der Waals surface area contributed by atoms with Crippen molar-refractivity contribution in [2.75, 3.05) is 6.61 Å². The summed E-state index contributed by atoms with van der Waals surface area (Å²) in [7, 11) is 0. The van der Waals surface area contributed by atoms with E-state index < -0.39 is 18.1 Å². The zero-order chi connectivity index (χ0) is 13.5. The molecule has 0 bridgehead atoms. The second-order valence-corrected chi connectivity index (χ2v) is 3.13. The van der Waals surface area contributed by atoms with Gasteiger partial charge in [0.15, 0.2) is 0 Å². The molecule has 1 amide bonds. The van der Waals surface area contributed by atoms with Crippen LogP contribution >= 0.6 is 0 Å². The Morgan fingerprint density at radius 1 is 1.29 bits per heavy atom. The zero-order valence-corrected chi connectivity index (χ0v) is 9.56. The van der Waals surface area contributed by atoms with Crippen molar-refractivity contribution in [2.45, 2.75) is 32.9 Å². The number of carbonyl (C=O) groups excluding carboxylic acids is 2. The van der Waals surface area contributed by atoms with Crippen LogP contribution in [0.4, 0.5) is 18.0 Å². The predicted octanol–water partition coefficient (Wildman–Crippen LogP) is 2.55. The molecule has 98 valence electrons. The van der Waals surface area contributed by atoms with Gasteiger partial charge in [-0.15, -0.1) is 0 Å². The highest BCUT2D eigenvalue weighted by Gasteiger charge is 2.36. The number of halogens is 3. The van der Waals surface area contributed by atoms with Crippen molar-refractivity contribution >= 4 is 11.9 Å². The molecule has 1 N–H and O–H groups in total. The topological polar surface area (TPSA) is 55.4 Å². The van der Waals surface area contributed by atoms with Crippen LogP contribution in [0.3, 0.4) is 0 Å². The maximum atomic E-state index is 12.0. The first-order valence-electron chi connectivity index (χ1n) is 5.06. The molecule has 0 aliphatic rings. The summed E-state index contributed by atoms with van der Waals surface area (Å²) in [6, 6.07) is 0. The molecule has 0 aromatic heterocycles. The number of amides is 1. The molecule has 0 radical (unpaired) electrons. The third kappa shape index (κ3) is 6.60. The van der Waals surface area contributed by atoms with Crippen LogP contribution in [0, 0.1) is 0 Å². The van der Waals surface area contributed by atoms with Crippen molar-refractivity contribution in [1.82, 2.24) is 5.32 Å². The number of nitrogens with one attached hydrogen (secondary N) is 1. The van der Waals surface area contributed by atoms with Crippen LogP contribution in [0.25, 0.3) is 0 Å². The molecule has 0 atom stereocenters. The second-order valence-electron chi connectivity index (χ2n) is 3.13. The number of allylic oxidation sites excluding steroid dienone is 2. The van der Waals surface area contributed by atoms with Crippen LogP contribution in [0.1, 0.15) is 26.7 Å². The van der Waals surface area contributed by atoms with Crippen molar-refractivity contribution in [1.29, 1.82) is 0 Å². The smallest absolute Gasteiger partial charge is 0.450 e. The van der Waals surface area contributed by atoms with Crippen LogP contribution in [-0.2, 0) is 9.53 Å². The fourth-order valence-corrected chi connectivity index (χ4v) is 0.978. The Hall–Kier alpha value is -1.53. The normalized spacial score (nSPS) is 12.2. The summed E-state index contributed by atoms with van der Waals surface area (Å²) in [6.45, 7) is 3.36. The first-order valence-corrected chi connectivity index (χ1v) is 5.06. The summed E-state index contributed by atoms with van der Waals surface area (Å²) < 4.78 is 40.5. The quantitative estimate of drug-likeness (QED) is 0.766. The van der Waals surface area contributed by atoms with E-state index in [9.17, 15) is 22.8 Å². The van der Waals surface area contributed by atoms with Crippen molar-refractivity contribution in [3.05, 3.63) is 11.8 Å². The van der Waals surface area contributed by atoms with E-state index in [1.54, 1.807) is 13.8 Å². The lowest BCUT2D eigenvalue weighted by atomic mass is 10.2. The molecular weight excluding hydrogens is 239 g/mol. The summed E-state index contributed by atoms with van der Waals surface area (Å²) in [4.78, 5) is 21.7. The van der Waals surface area contributed by atoms with Gasteiger partial charge in [-0.25, -0.2) is 4.79 Å². The average Bonchev–Trinajstić information content (AvgIpc) is 2.16. The monoisotopic (exact) mass is 253 g/mol. The standard InChI is InChI=1S/C10H14F3NO3/c1-3-5-7(14-9(16)17-4-2)6-8(15)10(11,12)13/h6H,3-5H2,1-2H3,(H,14,16)/b7-6-. The SMILES string of the molecule is CCC/C(=C/C(=O)C(F)(F)F)NC(=O)OCC. The maximum absolute atomic E-state index is 12.0. The van der Waals surface area contributed by atoms with Gasteiger partial charge in [-0.05, 0) is 13.3 Å². The van der Waals surface area contributed by atoms with E-state index in [-0.39, 0.29) is 18.7 Å². The summed E-state index contributed by atoms with van der Waals surface area (Å²) in [5.41, 5.74) is -0.103. The second kappa shape index (κ2) is 6.93. The highest BCUT2D eigenvalue weighted by molar-refractivity contribution is 5.95. The molecule has 0 aromatic rings. The Morgan fingerprint density at radius 3 is 2.29 bits per heavy atom. The largest absolute Gasteiger partial charge is 0.454 e. The fraction of sp³-hybridized carbons (Fsp3) is 0.600. The first-order chi connectivity index (χ1) is 7.81. The number of ether oxygens (including phenoxy) is 1. The molecule has 0 saturated heterocycles. The highest BCUT2D eigenvalue weighted by Crippen LogP contribution is 2.17. The maximum Gasteiger partial charge on any atom is 0.454 e. The number of hydrogen-bond acceptors (Lipinski definition) is 3. The molecule has 0 aliphatic heterocycles. The van der Waals surface area contributed by atoms with Gasteiger partial charge in [0.2, 0.25) is 0 Å². The molecule has 4 nitrogen and oxygen atoms in total. The van der Waals surface area contributed by atoms with E-state index in [0.717, 1.165) is 0 Å². The van der Waals surface area contributed by atoms with E-state index in [4.69, 9.17) is 0 Å². The third-order valence-electron chi connectivity index (χ3n) is 1.64. The minimum atomic E-state index is -4.94. The summed E-state index contributed by atoms with van der Waals surface area (Å²) >= 11 is 0. The molecule has 0 saturated carbocycles. The van der Waals surface area contributed by atoms with E-state index in [1.165, 1.54) is 0 Å². The Bertz CT molecular complexity index is 310. The van der Waals surface area contributed by atoms with Gasteiger partial charge in [0.25, 0.3) is 5.78 Å². The van der Waals surface area contributed by atoms with Crippen LogP contribution in [0.15, 0.2) is 11.8 Å². The molecular formula is C10H14F3NO3. The third-order valence-corrected chi connectivity index (χ3v) is 1.64. The Labute approximate surface area is 96.8 Å². The summed E-state index contributed by atoms with van der Waals surface area (Å²) in [6.07, 6.45) is -4.79. The van der Waals surface area contributed by atoms with Crippen LogP contribution < -0.4 is 5.32 Å². The van der Waals surface area contributed by atoms with E-state index >= 15 is 0 Å². The van der Waals surface area contributed by atoms with Gasteiger partial charge in [0.1, 0.15) is 0 Å². The van der Waals surface area contributed by atoms with Crippen molar-refractivity contribution in [2.24, 2.45) is 0 Å². The van der Waals surface area contributed by atoms with E-state index in [1.807, 2.05) is 0 Å². The molecule has 0 unspecified atom stereocenters. The molecule has 0 fully saturated rings. The van der Waals surface area contributed by atoms with Gasteiger partial charge < -0.3 is 4.74 Å². The summed E-state index contributed by atoms with van der Waals surface area (Å²) in [5, 5.41) is 2.10. The van der Waals surface area contributed by atoms with Gasteiger partial charge in [-0.1, -0.05) is 13.3 Å². The summed E-state index contributed by atoms with van der Waals surface area (Å²) in [5.74, 6) is -2.00. The Balaban J connectivity index is 4.67. The van der Waals surface area contributed by atoms with Gasteiger partial charge in [-0.2, -0.15) is 13.2 Å². The Morgan fingerprint density at radius 2 is 1.88 bits per heavy atom. The number of alkyl halides is 3. The molecule has 7 heteroatoms. The van der Waals surface area contributed by atoms with Gasteiger partial charge in [-0.3, -0.25) is 10.1 Å². The fourth-order valence-electron chi connectivity index (χ4n) is 0.978. The molecule has 17 heavy (non-hydrogen) atoms. The van der Waals surface area contributed by atoms with Crippen molar-refractivity contribution in [3.63, 3.8) is 0 Å². The lowest BCUT2D eigenvalue weighted by Gasteiger charge is -2.09. The minimum Gasteiger partial charge on any atom is -0.450 e. The number of rotatable bonds is 5. The molecule has 0 spiro atoms. The number of carbonyl (C=O) groups is 2. The van der Waals surface area contributed by atoms with Gasteiger partial charge in [0, 0.05) is 11.8 Å². The molecule has 0 aromatic carbocycles. The lowest BCUT2D eigenvalue weighted by Crippen LogP contribution is -2.27. The molecule has 0 heterocycles. The van der Waals surface area contributed by atoms with Crippen molar-refractivity contribution < 1.29 is 27.5 Å². The molecule has 0 aliphatic carbocycles. The highest BCUT2D eigenvalue weighted by atomic mass is 19.4. The number of ketones is 1. The van der Waals surface area contributed by atoms with Crippen LogP contribution in [0.5, 0.6) is 0 Å².